The number of hydrogen-bond donors (Lipinski definition) is 1. The van der Waals surface area contributed by atoms with Crippen LogP contribution in [0.4, 0.5) is 5.82 Å². The standard InChI is InChI=1S/C21H20ClN5S/c1-12-6-14(8-15(22)7-12)13-2-3-16(9-13)27-10-17(21-24-4-5-28-21)18-19(23)25-11-26-20(18)27/h4-8,10-11,13,16H,2-3,9H2,1H3,(H2,23,25,26). The summed E-state index contributed by atoms with van der Waals surface area (Å²) in [5.74, 6) is 1.01. The first-order chi connectivity index (χ1) is 13.6. The zero-order valence-corrected chi connectivity index (χ0v) is 17.0. The fourth-order valence-electron chi connectivity index (χ4n) is 4.42. The number of thiazole rings is 1. The number of nitrogen functional groups attached to an aromatic ring is 1. The Morgan fingerprint density at radius 2 is 2.07 bits per heavy atom. The van der Waals surface area contributed by atoms with E-state index >= 15 is 0 Å². The molecule has 1 saturated carbocycles. The van der Waals surface area contributed by atoms with Crippen molar-refractivity contribution in [3.8, 4) is 10.6 Å². The topological polar surface area (TPSA) is 69.6 Å². The van der Waals surface area contributed by atoms with E-state index < -0.39 is 0 Å². The Kier molecular flexibility index (Phi) is 4.33. The number of nitrogens with two attached hydrogens (primary N) is 1. The number of aryl methyl sites for hydroxylation is 1. The van der Waals surface area contributed by atoms with Gasteiger partial charge in [0.1, 0.15) is 22.8 Å². The molecule has 2 N–H and O–H groups in total. The van der Waals surface area contributed by atoms with Crippen molar-refractivity contribution < 1.29 is 0 Å². The summed E-state index contributed by atoms with van der Waals surface area (Å²) in [6.07, 6.45) is 8.82. The molecular weight excluding hydrogens is 390 g/mol. The lowest BCUT2D eigenvalue weighted by atomic mass is 9.96. The van der Waals surface area contributed by atoms with Crippen molar-refractivity contribution in [1.82, 2.24) is 19.5 Å². The van der Waals surface area contributed by atoms with E-state index in [1.807, 2.05) is 17.6 Å². The monoisotopic (exact) mass is 409 g/mol. The van der Waals surface area contributed by atoms with Gasteiger partial charge >= 0.3 is 0 Å². The van der Waals surface area contributed by atoms with Gasteiger partial charge in [-0.3, -0.25) is 0 Å². The summed E-state index contributed by atoms with van der Waals surface area (Å²) in [5.41, 5.74) is 10.7. The van der Waals surface area contributed by atoms with Crippen LogP contribution in [0.2, 0.25) is 5.02 Å². The molecule has 1 fully saturated rings. The molecule has 1 aliphatic carbocycles. The van der Waals surface area contributed by atoms with Crippen molar-refractivity contribution in [2.24, 2.45) is 0 Å². The minimum absolute atomic E-state index is 0.370. The number of hydrogen-bond acceptors (Lipinski definition) is 5. The average Bonchev–Trinajstić information content (AvgIpc) is 3.40. The fraction of sp³-hybridized carbons (Fsp3) is 0.286. The minimum Gasteiger partial charge on any atom is -0.383 e. The molecule has 0 saturated heterocycles. The zero-order chi connectivity index (χ0) is 19.3. The predicted molar refractivity (Wildman–Crippen MR) is 115 cm³/mol. The minimum atomic E-state index is 0.370. The maximum atomic E-state index is 6.30. The molecule has 3 aromatic heterocycles. The van der Waals surface area contributed by atoms with Crippen molar-refractivity contribution >= 4 is 39.8 Å². The maximum absolute atomic E-state index is 6.30. The third kappa shape index (κ3) is 2.97. The molecule has 0 amide bonds. The summed E-state index contributed by atoms with van der Waals surface area (Å²) in [6.45, 7) is 2.10. The van der Waals surface area contributed by atoms with Gasteiger partial charge in [0.2, 0.25) is 0 Å². The van der Waals surface area contributed by atoms with Crippen LogP contribution in [0.25, 0.3) is 21.6 Å². The molecule has 0 spiro atoms. The molecule has 2 unspecified atom stereocenters. The highest BCUT2D eigenvalue weighted by Gasteiger charge is 2.30. The number of fused-ring (bicyclic) bond motifs is 1. The molecule has 5 nitrogen and oxygen atoms in total. The van der Waals surface area contributed by atoms with Gasteiger partial charge < -0.3 is 10.3 Å². The van der Waals surface area contributed by atoms with Crippen LogP contribution in [-0.4, -0.2) is 19.5 Å². The Balaban J connectivity index is 1.55. The summed E-state index contributed by atoms with van der Waals surface area (Å²) in [7, 11) is 0. The van der Waals surface area contributed by atoms with E-state index in [1.165, 1.54) is 11.1 Å². The summed E-state index contributed by atoms with van der Waals surface area (Å²) in [6, 6.07) is 6.75. The second kappa shape index (κ2) is 6.87. The summed E-state index contributed by atoms with van der Waals surface area (Å²) >= 11 is 7.90. The van der Waals surface area contributed by atoms with Crippen LogP contribution in [0, 0.1) is 6.92 Å². The van der Waals surface area contributed by atoms with Gasteiger partial charge in [-0.05, 0) is 55.4 Å². The summed E-state index contributed by atoms with van der Waals surface area (Å²) in [5, 5.41) is 4.65. The lowest BCUT2D eigenvalue weighted by Crippen LogP contribution is -2.05. The van der Waals surface area contributed by atoms with Gasteiger partial charge in [0.05, 0.1) is 5.39 Å². The van der Waals surface area contributed by atoms with Gasteiger partial charge in [0.25, 0.3) is 0 Å². The van der Waals surface area contributed by atoms with Crippen molar-refractivity contribution in [2.75, 3.05) is 5.73 Å². The Bertz CT molecular complexity index is 1130. The zero-order valence-electron chi connectivity index (χ0n) is 15.5. The van der Waals surface area contributed by atoms with Gasteiger partial charge in [0.15, 0.2) is 0 Å². The van der Waals surface area contributed by atoms with Crippen LogP contribution in [0.3, 0.4) is 0 Å². The SMILES string of the molecule is Cc1cc(Cl)cc(C2CCC(n3cc(-c4nccs4)c4c(N)ncnc43)C2)c1. The van der Waals surface area contributed by atoms with Gasteiger partial charge in [-0.1, -0.05) is 17.7 Å². The van der Waals surface area contributed by atoms with Crippen LogP contribution in [-0.2, 0) is 0 Å². The number of anilines is 1. The number of halogens is 1. The lowest BCUT2D eigenvalue weighted by Gasteiger charge is -2.15. The molecule has 142 valence electrons. The van der Waals surface area contributed by atoms with Gasteiger partial charge in [0, 0.05) is 34.4 Å². The summed E-state index contributed by atoms with van der Waals surface area (Å²) < 4.78 is 2.28. The molecule has 1 aliphatic rings. The van der Waals surface area contributed by atoms with E-state index in [-0.39, 0.29) is 0 Å². The molecule has 0 bridgehead atoms. The van der Waals surface area contributed by atoms with Crippen LogP contribution >= 0.6 is 22.9 Å². The maximum Gasteiger partial charge on any atom is 0.146 e. The second-order valence-corrected chi connectivity index (χ2v) is 8.80. The van der Waals surface area contributed by atoms with E-state index in [1.54, 1.807) is 17.7 Å². The first-order valence-corrected chi connectivity index (χ1v) is 10.6. The Morgan fingerprint density at radius 3 is 2.86 bits per heavy atom. The van der Waals surface area contributed by atoms with Gasteiger partial charge in [-0.15, -0.1) is 11.3 Å². The highest BCUT2D eigenvalue weighted by molar-refractivity contribution is 7.13. The third-order valence-electron chi connectivity index (χ3n) is 5.64. The summed E-state index contributed by atoms with van der Waals surface area (Å²) in [4.78, 5) is 13.3. The smallest absolute Gasteiger partial charge is 0.146 e. The molecule has 7 heteroatoms. The van der Waals surface area contributed by atoms with Crippen molar-refractivity contribution in [3.05, 3.63) is 58.4 Å². The van der Waals surface area contributed by atoms with E-state index in [0.29, 0.717) is 17.8 Å². The first-order valence-electron chi connectivity index (χ1n) is 9.38. The molecule has 2 atom stereocenters. The largest absolute Gasteiger partial charge is 0.383 e. The molecule has 3 heterocycles. The lowest BCUT2D eigenvalue weighted by molar-refractivity contribution is 0.524. The number of aromatic nitrogens is 4. The first kappa shape index (κ1) is 17.6. The molecule has 0 radical (unpaired) electrons. The third-order valence-corrected chi connectivity index (χ3v) is 6.66. The van der Waals surface area contributed by atoms with E-state index in [0.717, 1.165) is 45.9 Å². The van der Waals surface area contributed by atoms with E-state index in [4.69, 9.17) is 17.3 Å². The van der Waals surface area contributed by atoms with Crippen molar-refractivity contribution in [1.29, 1.82) is 0 Å². The highest BCUT2D eigenvalue weighted by atomic mass is 35.5. The normalized spacial score (nSPS) is 19.5. The molecule has 4 aromatic rings. The van der Waals surface area contributed by atoms with Crippen molar-refractivity contribution in [3.63, 3.8) is 0 Å². The molecule has 28 heavy (non-hydrogen) atoms. The van der Waals surface area contributed by atoms with Crippen LogP contribution in [0.5, 0.6) is 0 Å². The number of benzene rings is 1. The van der Waals surface area contributed by atoms with Crippen LogP contribution < -0.4 is 5.73 Å². The molecule has 0 aliphatic heterocycles. The van der Waals surface area contributed by atoms with E-state index in [2.05, 4.69) is 44.8 Å². The Hall–Kier alpha value is -2.44. The quantitative estimate of drug-likeness (QED) is 0.477. The highest BCUT2D eigenvalue weighted by Crippen LogP contribution is 2.44. The van der Waals surface area contributed by atoms with Gasteiger partial charge in [-0.25, -0.2) is 15.0 Å². The van der Waals surface area contributed by atoms with Crippen molar-refractivity contribution in [2.45, 2.75) is 38.1 Å². The van der Waals surface area contributed by atoms with E-state index in [9.17, 15) is 0 Å². The predicted octanol–water partition coefficient (Wildman–Crippen LogP) is 5.61. The van der Waals surface area contributed by atoms with Crippen LogP contribution in [0.1, 0.15) is 42.3 Å². The Labute approximate surface area is 172 Å². The molecule has 5 rings (SSSR count). The molecule has 1 aromatic carbocycles. The van der Waals surface area contributed by atoms with Crippen LogP contribution in [0.15, 0.2) is 42.3 Å². The average molecular weight is 410 g/mol. The Morgan fingerprint density at radius 1 is 1.18 bits per heavy atom. The fourth-order valence-corrected chi connectivity index (χ4v) is 5.37. The second-order valence-electron chi connectivity index (χ2n) is 7.47. The number of nitrogens with zero attached hydrogens (tertiary/aromatic N) is 4. The number of rotatable bonds is 3. The molecular formula is C21H20ClN5S. The van der Waals surface area contributed by atoms with Gasteiger partial charge in [-0.2, -0.15) is 0 Å².